The first-order valence-corrected chi connectivity index (χ1v) is 13.1. The quantitative estimate of drug-likeness (QED) is 0.429. The number of hydrogen-bond acceptors (Lipinski definition) is 0. The molecule has 34 heavy (non-hydrogen) atoms. The molecule has 4 unspecified atom stereocenters. The van der Waals surface area contributed by atoms with Crippen LogP contribution in [-0.2, 0) is 0 Å². The first-order valence-electron chi connectivity index (χ1n) is 13.1. The number of allylic oxidation sites excluding steroid dienone is 8. The zero-order chi connectivity index (χ0) is 24.0. The summed E-state index contributed by atoms with van der Waals surface area (Å²) in [5.41, 5.74) is 14.5. The van der Waals surface area contributed by atoms with Gasteiger partial charge in [0.05, 0.1) is 0 Å². The van der Waals surface area contributed by atoms with Gasteiger partial charge < -0.3 is 0 Å². The van der Waals surface area contributed by atoms with Gasteiger partial charge in [0.1, 0.15) is 0 Å². The van der Waals surface area contributed by atoms with Crippen molar-refractivity contribution in [3.63, 3.8) is 0 Å². The molecule has 2 aromatic carbocycles. The van der Waals surface area contributed by atoms with Crippen molar-refractivity contribution >= 4 is 5.57 Å². The fraction of sp³-hybridized carbons (Fsp3) is 0.353. The minimum absolute atomic E-state index is 0.305. The minimum Gasteiger partial charge on any atom is -0.0955 e. The van der Waals surface area contributed by atoms with E-state index >= 15 is 0 Å². The molecule has 0 aliphatic heterocycles. The van der Waals surface area contributed by atoms with E-state index in [9.17, 15) is 0 Å². The highest BCUT2D eigenvalue weighted by Crippen LogP contribution is 2.59. The lowest BCUT2D eigenvalue weighted by Crippen LogP contribution is -2.21. The fourth-order valence-electron chi connectivity index (χ4n) is 7.18. The van der Waals surface area contributed by atoms with Gasteiger partial charge in [-0.2, -0.15) is 0 Å². The molecule has 2 aromatic rings. The predicted octanol–water partition coefficient (Wildman–Crippen LogP) is 9.56. The molecule has 5 rings (SSSR count). The fourth-order valence-corrected chi connectivity index (χ4v) is 7.18. The van der Waals surface area contributed by atoms with Crippen LogP contribution in [0.4, 0.5) is 0 Å². The van der Waals surface area contributed by atoms with Gasteiger partial charge in [0.25, 0.3) is 0 Å². The van der Waals surface area contributed by atoms with Crippen LogP contribution in [0.3, 0.4) is 0 Å². The molecule has 0 aromatic heterocycles. The Morgan fingerprint density at radius 1 is 0.971 bits per heavy atom. The maximum absolute atomic E-state index is 4.81. The van der Waals surface area contributed by atoms with Crippen LogP contribution >= 0.6 is 0 Å². The Morgan fingerprint density at radius 2 is 1.68 bits per heavy atom. The third-order valence-corrected chi connectivity index (χ3v) is 8.58. The smallest absolute Gasteiger partial charge is 0.0201 e. The van der Waals surface area contributed by atoms with E-state index < -0.39 is 0 Å². The topological polar surface area (TPSA) is 0 Å². The van der Waals surface area contributed by atoms with Gasteiger partial charge in [0.2, 0.25) is 0 Å². The van der Waals surface area contributed by atoms with Gasteiger partial charge in [-0.05, 0) is 82.6 Å². The minimum atomic E-state index is 0.305. The van der Waals surface area contributed by atoms with Crippen LogP contribution in [0.1, 0.15) is 81.9 Å². The highest BCUT2D eigenvalue weighted by Gasteiger charge is 2.44. The van der Waals surface area contributed by atoms with Gasteiger partial charge in [0.15, 0.2) is 0 Å². The molecule has 3 aliphatic rings. The van der Waals surface area contributed by atoms with Crippen molar-refractivity contribution in [2.45, 2.75) is 65.2 Å². The molecule has 174 valence electrons. The molecule has 0 heterocycles. The van der Waals surface area contributed by atoms with E-state index in [0.29, 0.717) is 23.7 Å². The zero-order valence-corrected chi connectivity index (χ0v) is 21.3. The molecule has 0 radical (unpaired) electrons. The average molecular weight is 447 g/mol. The van der Waals surface area contributed by atoms with Gasteiger partial charge in [-0.25, -0.2) is 0 Å². The molecule has 0 nitrogen and oxygen atoms in total. The Hall–Kier alpha value is -2.86. The summed E-state index contributed by atoms with van der Waals surface area (Å²) in [5.74, 6) is 1.78. The second-order valence-electron chi connectivity index (χ2n) is 10.5. The third kappa shape index (κ3) is 3.50. The van der Waals surface area contributed by atoms with E-state index in [4.69, 9.17) is 6.58 Å². The lowest BCUT2D eigenvalue weighted by atomic mass is 9.69. The zero-order valence-electron chi connectivity index (χ0n) is 21.3. The largest absolute Gasteiger partial charge is 0.0955 e. The number of benzene rings is 2. The number of hydrogen-bond donors (Lipinski definition) is 0. The van der Waals surface area contributed by atoms with Crippen LogP contribution in [0.5, 0.6) is 0 Å². The van der Waals surface area contributed by atoms with Crippen molar-refractivity contribution in [2.24, 2.45) is 11.8 Å². The van der Waals surface area contributed by atoms with Gasteiger partial charge >= 0.3 is 0 Å². The van der Waals surface area contributed by atoms with E-state index in [1.54, 1.807) is 5.57 Å². The van der Waals surface area contributed by atoms with Gasteiger partial charge in [-0.1, -0.05) is 112 Å². The molecule has 0 heteroatoms. The van der Waals surface area contributed by atoms with Gasteiger partial charge in [-0.3, -0.25) is 0 Å². The summed E-state index contributed by atoms with van der Waals surface area (Å²) in [6.45, 7) is 18.7. The van der Waals surface area contributed by atoms with Crippen LogP contribution in [0.25, 0.3) is 5.57 Å². The monoisotopic (exact) mass is 446 g/mol. The van der Waals surface area contributed by atoms with E-state index in [1.165, 1.54) is 56.5 Å². The maximum atomic E-state index is 4.81. The SMILES string of the molecule is C=C(CCC)C1=C(C)C=C2C/C(=C3/c4ccccc4C(CC)C3C)C(=C)C2C1c1ccccc1. The second kappa shape index (κ2) is 9.06. The molecule has 1 fully saturated rings. The summed E-state index contributed by atoms with van der Waals surface area (Å²) >= 11 is 0. The second-order valence-corrected chi connectivity index (χ2v) is 10.5. The van der Waals surface area contributed by atoms with Crippen LogP contribution in [0, 0.1) is 11.8 Å². The molecular weight excluding hydrogens is 408 g/mol. The highest BCUT2D eigenvalue weighted by molar-refractivity contribution is 5.83. The summed E-state index contributed by atoms with van der Waals surface area (Å²) < 4.78 is 0. The summed E-state index contributed by atoms with van der Waals surface area (Å²) in [6, 6.07) is 20.2. The summed E-state index contributed by atoms with van der Waals surface area (Å²) in [4.78, 5) is 0. The Bertz CT molecular complexity index is 1230. The van der Waals surface area contributed by atoms with Crippen LogP contribution in [0.15, 0.2) is 107 Å². The number of fused-ring (bicyclic) bond motifs is 2. The standard InChI is InChI=1S/C34H38/c1-7-14-21(3)31-22(4)19-26-20-30(24(6)32(26)34(31)25-15-10-9-11-16-25)33-23(5)27(8-2)28-17-12-13-18-29(28)33/h9-13,15-19,23,27,32,34H,3,6-8,14,20H2,1-2,4-5H3/b33-30-. The summed E-state index contributed by atoms with van der Waals surface area (Å²) in [6.07, 6.45) is 6.86. The van der Waals surface area contributed by atoms with Crippen LogP contribution < -0.4 is 0 Å². The van der Waals surface area contributed by atoms with Gasteiger partial charge in [-0.15, -0.1) is 0 Å². The van der Waals surface area contributed by atoms with E-state index in [0.717, 1.165) is 19.3 Å². The van der Waals surface area contributed by atoms with E-state index in [2.05, 4.69) is 94.9 Å². The van der Waals surface area contributed by atoms with E-state index in [-0.39, 0.29) is 0 Å². The first-order chi connectivity index (χ1) is 16.5. The molecule has 0 amide bonds. The first kappa shape index (κ1) is 22.9. The van der Waals surface area contributed by atoms with Crippen molar-refractivity contribution in [3.8, 4) is 0 Å². The Balaban J connectivity index is 1.66. The molecule has 0 saturated heterocycles. The Labute approximate surface area is 206 Å². The van der Waals surface area contributed by atoms with E-state index in [1.807, 2.05) is 0 Å². The molecule has 1 saturated carbocycles. The van der Waals surface area contributed by atoms with Crippen LogP contribution in [-0.4, -0.2) is 0 Å². The Morgan fingerprint density at radius 3 is 2.38 bits per heavy atom. The molecule has 4 atom stereocenters. The molecule has 3 aliphatic carbocycles. The molecular formula is C34H38. The summed E-state index contributed by atoms with van der Waals surface area (Å²) in [5, 5.41) is 0. The van der Waals surface area contributed by atoms with Crippen molar-refractivity contribution in [1.29, 1.82) is 0 Å². The third-order valence-electron chi connectivity index (χ3n) is 8.58. The lowest BCUT2D eigenvalue weighted by Gasteiger charge is -2.34. The summed E-state index contributed by atoms with van der Waals surface area (Å²) in [7, 11) is 0. The molecule has 0 spiro atoms. The predicted molar refractivity (Wildman–Crippen MR) is 147 cm³/mol. The molecule has 0 bridgehead atoms. The van der Waals surface area contributed by atoms with Crippen molar-refractivity contribution in [3.05, 3.63) is 124 Å². The normalized spacial score (nSPS) is 28.1. The van der Waals surface area contributed by atoms with Crippen molar-refractivity contribution in [1.82, 2.24) is 0 Å². The van der Waals surface area contributed by atoms with Crippen molar-refractivity contribution in [2.75, 3.05) is 0 Å². The van der Waals surface area contributed by atoms with Gasteiger partial charge in [0, 0.05) is 11.8 Å². The number of rotatable bonds is 5. The average Bonchev–Trinajstić information content (AvgIpc) is 3.30. The Kier molecular flexibility index (Phi) is 6.11. The lowest BCUT2D eigenvalue weighted by molar-refractivity contribution is 0.566. The van der Waals surface area contributed by atoms with Crippen LogP contribution in [0.2, 0.25) is 0 Å². The highest BCUT2D eigenvalue weighted by atomic mass is 14.5. The maximum Gasteiger partial charge on any atom is 0.0201 e. The van der Waals surface area contributed by atoms with Crippen molar-refractivity contribution < 1.29 is 0 Å². The molecule has 0 N–H and O–H groups in total.